The van der Waals surface area contributed by atoms with Gasteiger partial charge < -0.3 is 10.5 Å². The van der Waals surface area contributed by atoms with Crippen LogP contribution in [0.4, 0.5) is 5.69 Å². The molecule has 0 aliphatic rings. The summed E-state index contributed by atoms with van der Waals surface area (Å²) in [6.07, 6.45) is 0. The van der Waals surface area contributed by atoms with Crippen LogP contribution in [0.2, 0.25) is 5.02 Å². The van der Waals surface area contributed by atoms with E-state index in [1.165, 1.54) is 11.3 Å². The van der Waals surface area contributed by atoms with Crippen molar-refractivity contribution in [1.29, 1.82) is 0 Å². The van der Waals surface area contributed by atoms with Crippen LogP contribution in [0.1, 0.15) is 16.6 Å². The number of rotatable bonds is 2. The minimum atomic E-state index is -0.377. The first-order valence-electron chi connectivity index (χ1n) is 4.78. The summed E-state index contributed by atoms with van der Waals surface area (Å²) in [4.78, 5) is 12.0. The molecule has 0 spiro atoms. The van der Waals surface area contributed by atoms with Gasteiger partial charge in [-0.1, -0.05) is 11.6 Å². The summed E-state index contributed by atoms with van der Waals surface area (Å²) in [6, 6.07) is 5.38. The number of hydrogen-bond donors (Lipinski definition) is 1. The highest BCUT2D eigenvalue weighted by Crippen LogP contribution is 2.35. The van der Waals surface area contributed by atoms with Gasteiger partial charge in [0.15, 0.2) is 0 Å². The van der Waals surface area contributed by atoms with E-state index in [0.717, 1.165) is 10.1 Å². The van der Waals surface area contributed by atoms with Crippen LogP contribution >= 0.6 is 22.9 Å². The summed E-state index contributed by atoms with van der Waals surface area (Å²) >= 11 is 7.20. The minimum Gasteiger partial charge on any atom is -0.462 e. The van der Waals surface area contributed by atoms with Gasteiger partial charge in [-0.15, -0.1) is 11.3 Å². The molecule has 0 aliphatic heterocycles. The number of thiophene rings is 1. The van der Waals surface area contributed by atoms with Gasteiger partial charge in [-0.25, -0.2) is 4.79 Å². The van der Waals surface area contributed by atoms with Gasteiger partial charge in [-0.2, -0.15) is 0 Å². The molecule has 0 saturated heterocycles. The van der Waals surface area contributed by atoms with Gasteiger partial charge in [0.05, 0.1) is 12.3 Å². The minimum absolute atomic E-state index is 0.341. The number of carbonyl (C=O) groups excluding carboxylic acids is 1. The van der Waals surface area contributed by atoms with E-state index in [0.29, 0.717) is 22.2 Å². The number of esters is 1. The van der Waals surface area contributed by atoms with Gasteiger partial charge in [-0.3, -0.25) is 0 Å². The van der Waals surface area contributed by atoms with Crippen molar-refractivity contribution in [2.24, 2.45) is 0 Å². The van der Waals surface area contributed by atoms with Crippen LogP contribution in [0.15, 0.2) is 18.2 Å². The van der Waals surface area contributed by atoms with Crippen molar-refractivity contribution in [2.45, 2.75) is 6.92 Å². The molecule has 0 atom stereocenters. The summed E-state index contributed by atoms with van der Waals surface area (Å²) in [6.45, 7) is 2.10. The van der Waals surface area contributed by atoms with Crippen LogP contribution < -0.4 is 5.73 Å². The predicted molar refractivity (Wildman–Crippen MR) is 67.2 cm³/mol. The maximum atomic E-state index is 11.6. The van der Waals surface area contributed by atoms with Crippen LogP contribution in [-0.2, 0) is 4.74 Å². The van der Waals surface area contributed by atoms with Gasteiger partial charge in [0.1, 0.15) is 4.88 Å². The molecule has 0 radical (unpaired) electrons. The highest BCUT2D eigenvalue weighted by atomic mass is 35.5. The number of hydrogen-bond acceptors (Lipinski definition) is 4. The van der Waals surface area contributed by atoms with Crippen molar-refractivity contribution < 1.29 is 9.53 Å². The third-order valence-corrected chi connectivity index (χ3v) is 3.55. The third kappa shape index (κ3) is 1.86. The van der Waals surface area contributed by atoms with Crippen LogP contribution in [0, 0.1) is 0 Å². The fraction of sp³-hybridized carbons (Fsp3) is 0.182. The fourth-order valence-corrected chi connectivity index (χ4v) is 2.61. The molecule has 5 heteroatoms. The largest absolute Gasteiger partial charge is 0.462 e. The van der Waals surface area contributed by atoms with E-state index in [4.69, 9.17) is 22.1 Å². The molecule has 0 saturated carbocycles. The second-order valence-corrected chi connectivity index (χ2v) is 4.69. The average molecular weight is 256 g/mol. The van der Waals surface area contributed by atoms with E-state index in [1.807, 2.05) is 6.07 Å². The standard InChI is InChI=1S/C11H10ClNO2S/c1-2-15-11(14)10-9(13)7-5-6(12)3-4-8(7)16-10/h3-5H,2,13H2,1H3. The summed E-state index contributed by atoms with van der Waals surface area (Å²) in [7, 11) is 0. The molecule has 2 N–H and O–H groups in total. The molecule has 0 aliphatic carbocycles. The van der Waals surface area contributed by atoms with Gasteiger partial charge in [0, 0.05) is 15.1 Å². The summed E-state index contributed by atoms with van der Waals surface area (Å²) in [5.74, 6) is -0.377. The fourth-order valence-electron chi connectivity index (χ4n) is 1.44. The maximum absolute atomic E-state index is 11.6. The number of nitrogen functional groups attached to an aromatic ring is 1. The number of benzene rings is 1. The molecule has 84 valence electrons. The van der Waals surface area contributed by atoms with Gasteiger partial charge >= 0.3 is 5.97 Å². The molecule has 1 heterocycles. The molecule has 0 amide bonds. The molecule has 2 rings (SSSR count). The Morgan fingerprint density at radius 3 is 3.00 bits per heavy atom. The van der Waals surface area contributed by atoms with E-state index in [1.54, 1.807) is 19.1 Å². The van der Waals surface area contributed by atoms with Crippen LogP contribution in [-0.4, -0.2) is 12.6 Å². The van der Waals surface area contributed by atoms with Crippen molar-refractivity contribution in [1.82, 2.24) is 0 Å². The molecule has 2 aromatic rings. The topological polar surface area (TPSA) is 52.3 Å². The van der Waals surface area contributed by atoms with E-state index in [9.17, 15) is 4.79 Å². The number of fused-ring (bicyclic) bond motifs is 1. The Bertz CT molecular complexity index is 550. The number of nitrogens with two attached hydrogens (primary N) is 1. The number of carbonyl (C=O) groups is 1. The average Bonchev–Trinajstić information content (AvgIpc) is 2.57. The van der Waals surface area contributed by atoms with E-state index in [2.05, 4.69) is 0 Å². The lowest BCUT2D eigenvalue weighted by Crippen LogP contribution is -2.04. The van der Waals surface area contributed by atoms with Crippen molar-refractivity contribution in [3.63, 3.8) is 0 Å². The molecule has 3 nitrogen and oxygen atoms in total. The molecule has 1 aromatic heterocycles. The zero-order valence-electron chi connectivity index (χ0n) is 8.62. The zero-order valence-corrected chi connectivity index (χ0v) is 10.2. The van der Waals surface area contributed by atoms with E-state index >= 15 is 0 Å². The van der Waals surface area contributed by atoms with Crippen molar-refractivity contribution in [3.05, 3.63) is 28.1 Å². The lowest BCUT2D eigenvalue weighted by molar-refractivity contribution is 0.0533. The molecular formula is C11H10ClNO2S. The molecular weight excluding hydrogens is 246 g/mol. The van der Waals surface area contributed by atoms with Gasteiger partial charge in [-0.05, 0) is 25.1 Å². The SMILES string of the molecule is CCOC(=O)c1sc2ccc(Cl)cc2c1N. The summed E-state index contributed by atoms with van der Waals surface area (Å²) < 4.78 is 5.86. The summed E-state index contributed by atoms with van der Waals surface area (Å²) in [5.41, 5.74) is 6.34. The first kappa shape index (κ1) is 11.2. The highest BCUT2D eigenvalue weighted by Gasteiger charge is 2.17. The van der Waals surface area contributed by atoms with E-state index in [-0.39, 0.29) is 5.97 Å². The zero-order chi connectivity index (χ0) is 11.7. The Kier molecular flexibility index (Phi) is 3.03. The Labute approximate surface area is 102 Å². The van der Waals surface area contributed by atoms with E-state index < -0.39 is 0 Å². The van der Waals surface area contributed by atoms with Crippen LogP contribution in [0.5, 0.6) is 0 Å². The summed E-state index contributed by atoms with van der Waals surface area (Å²) in [5, 5.41) is 1.41. The Balaban J connectivity index is 2.56. The number of halogens is 1. The second kappa shape index (κ2) is 4.31. The lowest BCUT2D eigenvalue weighted by atomic mass is 10.2. The smallest absolute Gasteiger partial charge is 0.350 e. The molecule has 16 heavy (non-hydrogen) atoms. The monoisotopic (exact) mass is 255 g/mol. The predicted octanol–water partition coefficient (Wildman–Crippen LogP) is 3.31. The van der Waals surface area contributed by atoms with Crippen LogP contribution in [0.25, 0.3) is 10.1 Å². The third-order valence-electron chi connectivity index (χ3n) is 2.15. The quantitative estimate of drug-likeness (QED) is 0.838. The molecule has 0 fully saturated rings. The normalized spacial score (nSPS) is 10.6. The Hall–Kier alpha value is -1.26. The van der Waals surface area contributed by atoms with Gasteiger partial charge in [0.25, 0.3) is 0 Å². The number of ether oxygens (including phenoxy) is 1. The molecule has 0 unspecified atom stereocenters. The van der Waals surface area contributed by atoms with Crippen molar-refractivity contribution in [2.75, 3.05) is 12.3 Å². The Morgan fingerprint density at radius 1 is 1.56 bits per heavy atom. The highest BCUT2D eigenvalue weighted by molar-refractivity contribution is 7.21. The molecule has 1 aromatic carbocycles. The Morgan fingerprint density at radius 2 is 2.31 bits per heavy atom. The maximum Gasteiger partial charge on any atom is 0.350 e. The van der Waals surface area contributed by atoms with Crippen molar-refractivity contribution >= 4 is 44.7 Å². The van der Waals surface area contributed by atoms with Crippen LogP contribution in [0.3, 0.4) is 0 Å². The first-order chi connectivity index (χ1) is 7.63. The van der Waals surface area contributed by atoms with Gasteiger partial charge in [0.2, 0.25) is 0 Å². The van der Waals surface area contributed by atoms with Crippen molar-refractivity contribution in [3.8, 4) is 0 Å². The number of anilines is 1. The first-order valence-corrected chi connectivity index (χ1v) is 5.97. The molecule has 0 bridgehead atoms. The lowest BCUT2D eigenvalue weighted by Gasteiger charge is -1.99. The second-order valence-electron chi connectivity index (χ2n) is 3.21.